The van der Waals surface area contributed by atoms with Crippen molar-refractivity contribution in [1.82, 2.24) is 14.8 Å². The van der Waals surface area contributed by atoms with Crippen LogP contribution in [0.4, 0.5) is 5.69 Å². The van der Waals surface area contributed by atoms with Crippen molar-refractivity contribution >= 4 is 23.1 Å². The minimum Gasteiger partial charge on any atom is -0.491 e. The molecule has 158 valence electrons. The second kappa shape index (κ2) is 8.97. The van der Waals surface area contributed by atoms with Crippen LogP contribution in [0.1, 0.15) is 46.0 Å². The number of benzene rings is 1. The van der Waals surface area contributed by atoms with Crippen LogP contribution in [0.5, 0.6) is 5.75 Å². The molecule has 8 heteroatoms. The second-order valence-electron chi connectivity index (χ2n) is 7.66. The van der Waals surface area contributed by atoms with Gasteiger partial charge >= 0.3 is 0 Å². The third-order valence-corrected chi connectivity index (χ3v) is 6.25. The number of hydrogen-bond donors (Lipinski definition) is 2. The van der Waals surface area contributed by atoms with Gasteiger partial charge in [0.05, 0.1) is 11.3 Å². The van der Waals surface area contributed by atoms with Crippen molar-refractivity contribution in [2.45, 2.75) is 46.1 Å². The number of aromatic nitrogens is 2. The minimum absolute atomic E-state index is 0.167. The number of nitrogens with one attached hydrogen (secondary N) is 2. The summed E-state index contributed by atoms with van der Waals surface area (Å²) in [5, 5.41) is 10.6. The molecule has 1 saturated heterocycles. The summed E-state index contributed by atoms with van der Waals surface area (Å²) in [6, 6.07) is 6.04. The molecule has 1 aromatic carbocycles. The van der Waals surface area contributed by atoms with E-state index in [1.165, 1.54) is 24.4 Å². The number of hydrogen-bond acceptors (Lipinski definition) is 7. The zero-order valence-electron chi connectivity index (χ0n) is 17.4. The van der Waals surface area contributed by atoms with E-state index in [1.54, 1.807) is 6.20 Å². The van der Waals surface area contributed by atoms with Crippen LogP contribution in [-0.4, -0.2) is 34.6 Å². The zero-order valence-corrected chi connectivity index (χ0v) is 18.3. The molecule has 4 rings (SSSR count). The van der Waals surface area contributed by atoms with Crippen LogP contribution in [0.3, 0.4) is 0 Å². The fourth-order valence-corrected chi connectivity index (χ4v) is 4.40. The Labute approximate surface area is 180 Å². The molecule has 0 bridgehead atoms. The lowest BCUT2D eigenvalue weighted by molar-refractivity contribution is 0.103. The Hall–Kier alpha value is -2.71. The number of ether oxygens (including phenoxy) is 1. The smallest absolute Gasteiger partial charge is 0.267 e. The normalized spacial score (nSPS) is 16.4. The molecule has 1 aliphatic rings. The summed E-state index contributed by atoms with van der Waals surface area (Å²) in [6.07, 6.45) is 5.25. The van der Waals surface area contributed by atoms with Crippen LogP contribution >= 0.6 is 11.5 Å². The summed E-state index contributed by atoms with van der Waals surface area (Å²) in [5.74, 6) is 1.30. The van der Waals surface area contributed by atoms with Gasteiger partial charge < -0.3 is 19.9 Å². The summed E-state index contributed by atoms with van der Waals surface area (Å²) >= 11 is 1.19. The first-order valence-electron chi connectivity index (χ1n) is 10.2. The Kier molecular flexibility index (Phi) is 6.15. The van der Waals surface area contributed by atoms with Gasteiger partial charge in [-0.1, -0.05) is 11.6 Å². The minimum atomic E-state index is -0.167. The molecular weight excluding hydrogens is 400 g/mol. The number of aryl methyl sites for hydroxylation is 3. The highest BCUT2D eigenvalue weighted by molar-refractivity contribution is 7.08. The van der Waals surface area contributed by atoms with E-state index in [0.29, 0.717) is 23.2 Å². The maximum Gasteiger partial charge on any atom is 0.267 e. The van der Waals surface area contributed by atoms with Gasteiger partial charge in [0.25, 0.3) is 5.91 Å². The number of carbonyl (C=O) groups is 1. The molecule has 1 amide bonds. The van der Waals surface area contributed by atoms with Crippen LogP contribution in [0.15, 0.2) is 28.9 Å². The van der Waals surface area contributed by atoms with Crippen molar-refractivity contribution in [3.05, 3.63) is 46.3 Å². The highest BCUT2D eigenvalue weighted by Crippen LogP contribution is 2.37. The third kappa shape index (κ3) is 4.39. The SMILES string of the molecule is Cc1cnsc1C(=O)Nc1ccc(OC[C@H]2CCCCN2)c(-c2c(C)noc2C)c1. The van der Waals surface area contributed by atoms with Crippen LogP contribution in [-0.2, 0) is 0 Å². The summed E-state index contributed by atoms with van der Waals surface area (Å²) in [7, 11) is 0. The first-order valence-corrected chi connectivity index (χ1v) is 11.0. The van der Waals surface area contributed by atoms with Gasteiger partial charge in [0.15, 0.2) is 0 Å². The van der Waals surface area contributed by atoms with Gasteiger partial charge in [0.2, 0.25) is 0 Å². The Morgan fingerprint density at radius 1 is 1.33 bits per heavy atom. The molecule has 7 nitrogen and oxygen atoms in total. The molecule has 2 aromatic heterocycles. The van der Waals surface area contributed by atoms with E-state index < -0.39 is 0 Å². The van der Waals surface area contributed by atoms with Gasteiger partial charge in [-0.05, 0) is 75.5 Å². The zero-order chi connectivity index (χ0) is 21.1. The van der Waals surface area contributed by atoms with Crippen LogP contribution in [0.2, 0.25) is 0 Å². The number of anilines is 1. The number of piperidine rings is 1. The van der Waals surface area contributed by atoms with Crippen molar-refractivity contribution in [3.8, 4) is 16.9 Å². The number of nitrogens with zero attached hydrogens (tertiary/aromatic N) is 2. The van der Waals surface area contributed by atoms with Crippen molar-refractivity contribution < 1.29 is 14.1 Å². The van der Waals surface area contributed by atoms with Crippen molar-refractivity contribution in [2.24, 2.45) is 0 Å². The molecule has 0 aliphatic carbocycles. The van der Waals surface area contributed by atoms with E-state index in [-0.39, 0.29) is 5.91 Å². The van der Waals surface area contributed by atoms with E-state index >= 15 is 0 Å². The van der Waals surface area contributed by atoms with Gasteiger partial charge in [-0.15, -0.1) is 0 Å². The first kappa shape index (κ1) is 20.6. The molecular formula is C22H26N4O3S. The Morgan fingerprint density at radius 3 is 2.87 bits per heavy atom. The van der Waals surface area contributed by atoms with Crippen molar-refractivity contribution in [2.75, 3.05) is 18.5 Å². The number of amides is 1. The lowest BCUT2D eigenvalue weighted by Crippen LogP contribution is -2.38. The predicted octanol–water partition coefficient (Wildman–Crippen LogP) is 4.50. The van der Waals surface area contributed by atoms with Crippen LogP contribution in [0, 0.1) is 20.8 Å². The van der Waals surface area contributed by atoms with E-state index in [0.717, 1.165) is 46.9 Å². The van der Waals surface area contributed by atoms with Crippen molar-refractivity contribution in [1.29, 1.82) is 0 Å². The summed E-state index contributed by atoms with van der Waals surface area (Å²) in [6.45, 7) is 7.30. The lowest BCUT2D eigenvalue weighted by atomic mass is 10.0. The number of carbonyl (C=O) groups excluding carboxylic acids is 1. The molecule has 0 saturated carbocycles. The molecule has 1 fully saturated rings. The van der Waals surface area contributed by atoms with E-state index in [9.17, 15) is 4.79 Å². The average molecular weight is 427 g/mol. The quantitative estimate of drug-likeness (QED) is 0.603. The lowest BCUT2D eigenvalue weighted by Gasteiger charge is -2.24. The summed E-state index contributed by atoms with van der Waals surface area (Å²) in [5.41, 5.74) is 4.09. The number of rotatable bonds is 6. The maximum absolute atomic E-state index is 12.6. The highest BCUT2D eigenvalue weighted by atomic mass is 32.1. The molecule has 3 heterocycles. The van der Waals surface area contributed by atoms with Gasteiger partial charge in [-0.25, -0.2) is 4.37 Å². The first-order chi connectivity index (χ1) is 14.5. The average Bonchev–Trinajstić information content (AvgIpc) is 3.32. The molecule has 3 aromatic rings. The standard InChI is InChI=1S/C22H26N4O3S/c1-13-11-24-30-21(13)22(27)25-16-7-8-19(28-12-17-6-4-5-9-23-17)18(10-16)20-14(2)26-29-15(20)3/h7-8,10-11,17,23H,4-6,9,12H2,1-3H3,(H,25,27)/t17-/m1/s1. The molecule has 0 radical (unpaired) electrons. The monoisotopic (exact) mass is 426 g/mol. The van der Waals surface area contributed by atoms with Crippen LogP contribution < -0.4 is 15.4 Å². The summed E-state index contributed by atoms with van der Waals surface area (Å²) in [4.78, 5) is 13.2. The van der Waals surface area contributed by atoms with Gasteiger partial charge in [0.1, 0.15) is 23.0 Å². The molecule has 30 heavy (non-hydrogen) atoms. The maximum atomic E-state index is 12.6. The van der Waals surface area contributed by atoms with Gasteiger partial charge in [0, 0.05) is 23.5 Å². The highest BCUT2D eigenvalue weighted by Gasteiger charge is 2.20. The molecule has 0 unspecified atom stereocenters. The fraction of sp³-hybridized carbons (Fsp3) is 0.409. The Bertz CT molecular complexity index is 1020. The molecule has 1 atom stereocenters. The second-order valence-corrected chi connectivity index (χ2v) is 8.46. The van der Waals surface area contributed by atoms with E-state index in [2.05, 4.69) is 20.2 Å². The van der Waals surface area contributed by atoms with E-state index in [4.69, 9.17) is 9.26 Å². The molecule has 1 aliphatic heterocycles. The fourth-order valence-electron chi connectivity index (χ4n) is 3.75. The van der Waals surface area contributed by atoms with Gasteiger partial charge in [-0.2, -0.15) is 0 Å². The topological polar surface area (TPSA) is 89.3 Å². The predicted molar refractivity (Wildman–Crippen MR) is 117 cm³/mol. The largest absolute Gasteiger partial charge is 0.491 e. The van der Waals surface area contributed by atoms with Crippen molar-refractivity contribution in [3.63, 3.8) is 0 Å². The van der Waals surface area contributed by atoms with E-state index in [1.807, 2.05) is 39.0 Å². The van der Waals surface area contributed by atoms with Crippen LogP contribution in [0.25, 0.3) is 11.1 Å². The molecule has 2 N–H and O–H groups in total. The Balaban J connectivity index is 1.61. The summed E-state index contributed by atoms with van der Waals surface area (Å²) < 4.78 is 15.7. The molecule has 0 spiro atoms. The third-order valence-electron chi connectivity index (χ3n) is 5.35. The van der Waals surface area contributed by atoms with Gasteiger partial charge in [-0.3, -0.25) is 4.79 Å². The Morgan fingerprint density at radius 2 is 2.20 bits per heavy atom.